The fraction of sp³-hybridized carbons (Fsp3) is 0.154. The normalized spacial score (nSPS) is 10.4. The summed E-state index contributed by atoms with van der Waals surface area (Å²) in [6.45, 7) is 3.80. The van der Waals surface area contributed by atoms with Gasteiger partial charge in [-0.25, -0.2) is 4.79 Å². The third-order valence-electron chi connectivity index (χ3n) is 2.66. The largest absolute Gasteiger partial charge is 0.477 e. The third kappa shape index (κ3) is 1.72. The fourth-order valence-electron chi connectivity index (χ4n) is 1.80. The lowest BCUT2D eigenvalue weighted by Crippen LogP contribution is -1.98. The number of rotatable bonds is 2. The highest BCUT2D eigenvalue weighted by atomic mass is 16.4. The van der Waals surface area contributed by atoms with Crippen molar-refractivity contribution in [1.29, 1.82) is 0 Å². The Bertz CT molecular complexity index is 541. The van der Waals surface area contributed by atoms with E-state index in [-0.39, 0.29) is 5.69 Å². The SMILES string of the molecule is Cc1ccccc1-c1cc(C)c(C(=O)O)[nH]1. The van der Waals surface area contributed by atoms with Crippen molar-refractivity contribution in [3.05, 3.63) is 47.2 Å². The van der Waals surface area contributed by atoms with Gasteiger partial charge in [-0.15, -0.1) is 0 Å². The number of aromatic nitrogens is 1. The molecule has 2 N–H and O–H groups in total. The molecule has 0 atom stereocenters. The van der Waals surface area contributed by atoms with E-state index < -0.39 is 5.97 Å². The van der Waals surface area contributed by atoms with Crippen molar-refractivity contribution in [2.75, 3.05) is 0 Å². The Morgan fingerprint density at radius 3 is 2.44 bits per heavy atom. The Hall–Kier alpha value is -2.03. The van der Waals surface area contributed by atoms with Gasteiger partial charge in [0.25, 0.3) is 0 Å². The Kier molecular flexibility index (Phi) is 2.52. The molecule has 0 radical (unpaired) electrons. The minimum absolute atomic E-state index is 0.262. The first-order valence-corrected chi connectivity index (χ1v) is 5.08. The maximum atomic E-state index is 10.9. The van der Waals surface area contributed by atoms with Gasteiger partial charge in [-0.3, -0.25) is 0 Å². The molecule has 0 unspecified atom stereocenters. The number of carbonyl (C=O) groups is 1. The van der Waals surface area contributed by atoms with E-state index in [4.69, 9.17) is 5.11 Å². The molecule has 0 saturated heterocycles. The first-order valence-electron chi connectivity index (χ1n) is 5.08. The third-order valence-corrected chi connectivity index (χ3v) is 2.66. The highest BCUT2D eigenvalue weighted by Gasteiger charge is 2.12. The summed E-state index contributed by atoms with van der Waals surface area (Å²) in [5.74, 6) is -0.919. The van der Waals surface area contributed by atoms with Gasteiger partial charge in [0.2, 0.25) is 0 Å². The van der Waals surface area contributed by atoms with Crippen molar-refractivity contribution >= 4 is 5.97 Å². The second kappa shape index (κ2) is 3.85. The van der Waals surface area contributed by atoms with Gasteiger partial charge in [-0.2, -0.15) is 0 Å². The molecular weight excluding hydrogens is 202 g/mol. The molecule has 0 aliphatic rings. The van der Waals surface area contributed by atoms with E-state index in [1.54, 1.807) is 6.92 Å². The van der Waals surface area contributed by atoms with Crippen LogP contribution in [0.4, 0.5) is 0 Å². The number of H-pyrrole nitrogens is 1. The number of aromatic carboxylic acids is 1. The molecule has 0 aliphatic heterocycles. The molecule has 1 aromatic heterocycles. The molecule has 2 aromatic rings. The van der Waals surface area contributed by atoms with Gasteiger partial charge in [0.1, 0.15) is 5.69 Å². The average Bonchev–Trinajstić information content (AvgIpc) is 2.61. The zero-order chi connectivity index (χ0) is 11.7. The van der Waals surface area contributed by atoms with Gasteiger partial charge in [0, 0.05) is 11.3 Å². The van der Waals surface area contributed by atoms with Crippen molar-refractivity contribution in [2.45, 2.75) is 13.8 Å². The van der Waals surface area contributed by atoms with Crippen LogP contribution < -0.4 is 0 Å². The van der Waals surface area contributed by atoms with Gasteiger partial charge in [-0.1, -0.05) is 24.3 Å². The zero-order valence-corrected chi connectivity index (χ0v) is 9.24. The number of nitrogens with one attached hydrogen (secondary N) is 1. The Morgan fingerprint density at radius 1 is 1.19 bits per heavy atom. The molecule has 2 rings (SSSR count). The molecular formula is C13H13NO2. The number of carboxylic acids is 1. The van der Waals surface area contributed by atoms with E-state index in [9.17, 15) is 4.79 Å². The number of hydrogen-bond donors (Lipinski definition) is 2. The lowest BCUT2D eigenvalue weighted by molar-refractivity contribution is 0.0690. The van der Waals surface area contributed by atoms with Crippen LogP contribution in [0.2, 0.25) is 0 Å². The molecule has 0 bridgehead atoms. The molecule has 3 heteroatoms. The van der Waals surface area contributed by atoms with Crippen molar-refractivity contribution in [2.24, 2.45) is 0 Å². The predicted octanol–water partition coefficient (Wildman–Crippen LogP) is 3.00. The van der Waals surface area contributed by atoms with Crippen molar-refractivity contribution in [3.8, 4) is 11.3 Å². The summed E-state index contributed by atoms with van der Waals surface area (Å²) in [7, 11) is 0. The van der Waals surface area contributed by atoms with E-state index in [1.165, 1.54) is 0 Å². The molecule has 0 saturated carbocycles. The second-order valence-corrected chi connectivity index (χ2v) is 3.86. The molecule has 0 amide bonds. The van der Waals surface area contributed by atoms with Gasteiger partial charge in [0.15, 0.2) is 0 Å². The van der Waals surface area contributed by atoms with Gasteiger partial charge < -0.3 is 10.1 Å². The van der Waals surface area contributed by atoms with Crippen LogP contribution in [0.25, 0.3) is 11.3 Å². The molecule has 16 heavy (non-hydrogen) atoms. The van der Waals surface area contributed by atoms with E-state index in [1.807, 2.05) is 37.3 Å². The van der Waals surface area contributed by atoms with Crippen LogP contribution in [0.15, 0.2) is 30.3 Å². The minimum Gasteiger partial charge on any atom is -0.477 e. The summed E-state index contributed by atoms with van der Waals surface area (Å²) in [5, 5.41) is 8.96. The highest BCUT2D eigenvalue weighted by molar-refractivity contribution is 5.89. The topological polar surface area (TPSA) is 53.1 Å². The number of carboxylic acid groups (broad SMARTS) is 1. The van der Waals surface area contributed by atoms with Crippen molar-refractivity contribution in [3.63, 3.8) is 0 Å². The van der Waals surface area contributed by atoms with Crippen LogP contribution in [0.3, 0.4) is 0 Å². The van der Waals surface area contributed by atoms with E-state index in [0.29, 0.717) is 0 Å². The van der Waals surface area contributed by atoms with E-state index in [0.717, 1.165) is 22.4 Å². The molecule has 0 fully saturated rings. The van der Waals surface area contributed by atoms with Crippen molar-refractivity contribution in [1.82, 2.24) is 4.98 Å². The smallest absolute Gasteiger partial charge is 0.352 e. The van der Waals surface area contributed by atoms with Crippen LogP contribution in [0.5, 0.6) is 0 Å². The molecule has 82 valence electrons. The highest BCUT2D eigenvalue weighted by Crippen LogP contribution is 2.24. The number of hydrogen-bond acceptors (Lipinski definition) is 1. The Morgan fingerprint density at radius 2 is 1.88 bits per heavy atom. The summed E-state index contributed by atoms with van der Waals surface area (Å²) >= 11 is 0. The zero-order valence-electron chi connectivity index (χ0n) is 9.24. The van der Waals surface area contributed by atoms with Crippen LogP contribution in [-0.4, -0.2) is 16.1 Å². The maximum Gasteiger partial charge on any atom is 0.352 e. The maximum absolute atomic E-state index is 10.9. The van der Waals surface area contributed by atoms with Crippen LogP contribution in [0, 0.1) is 13.8 Å². The average molecular weight is 215 g/mol. The quantitative estimate of drug-likeness (QED) is 0.809. The summed E-state index contributed by atoms with van der Waals surface area (Å²) in [5.41, 5.74) is 4.04. The monoisotopic (exact) mass is 215 g/mol. The van der Waals surface area contributed by atoms with Gasteiger partial charge >= 0.3 is 5.97 Å². The van der Waals surface area contributed by atoms with E-state index in [2.05, 4.69) is 4.98 Å². The van der Waals surface area contributed by atoms with Gasteiger partial charge in [-0.05, 0) is 31.0 Å². The lowest BCUT2D eigenvalue weighted by Gasteiger charge is -2.01. The Balaban J connectivity index is 2.54. The molecule has 0 aliphatic carbocycles. The summed E-state index contributed by atoms with van der Waals surface area (Å²) < 4.78 is 0. The fourth-order valence-corrected chi connectivity index (χ4v) is 1.80. The number of aromatic amines is 1. The van der Waals surface area contributed by atoms with Gasteiger partial charge in [0.05, 0.1) is 0 Å². The first-order chi connectivity index (χ1) is 7.59. The number of aryl methyl sites for hydroxylation is 2. The summed E-state index contributed by atoms with van der Waals surface area (Å²) in [4.78, 5) is 13.9. The number of benzene rings is 1. The van der Waals surface area contributed by atoms with Crippen LogP contribution in [0.1, 0.15) is 21.6 Å². The minimum atomic E-state index is -0.919. The summed E-state index contributed by atoms with van der Waals surface area (Å²) in [6, 6.07) is 9.76. The van der Waals surface area contributed by atoms with Crippen molar-refractivity contribution < 1.29 is 9.90 Å². The summed E-state index contributed by atoms with van der Waals surface area (Å²) in [6.07, 6.45) is 0. The molecule has 3 nitrogen and oxygen atoms in total. The predicted molar refractivity (Wildman–Crippen MR) is 62.7 cm³/mol. The Labute approximate surface area is 93.7 Å². The first kappa shape index (κ1) is 10.5. The van der Waals surface area contributed by atoms with E-state index >= 15 is 0 Å². The molecule has 1 heterocycles. The molecule has 0 spiro atoms. The second-order valence-electron chi connectivity index (χ2n) is 3.86. The molecule has 1 aromatic carbocycles. The van der Waals surface area contributed by atoms with Crippen LogP contribution >= 0.6 is 0 Å². The van der Waals surface area contributed by atoms with Crippen LogP contribution in [-0.2, 0) is 0 Å². The lowest BCUT2D eigenvalue weighted by atomic mass is 10.1. The standard InChI is InChI=1S/C13H13NO2/c1-8-5-3-4-6-10(8)11-7-9(2)12(14-11)13(15)16/h3-7,14H,1-2H3,(H,15,16).